The van der Waals surface area contributed by atoms with E-state index in [1.54, 1.807) is 6.07 Å². The average Bonchev–Trinajstić information content (AvgIpc) is 2.82. The van der Waals surface area contributed by atoms with Crippen molar-refractivity contribution in [2.24, 2.45) is 0 Å². The third kappa shape index (κ3) is 3.43. The van der Waals surface area contributed by atoms with E-state index >= 15 is 0 Å². The second kappa shape index (κ2) is 6.01. The summed E-state index contributed by atoms with van der Waals surface area (Å²) in [4.78, 5) is 6.20. The molecule has 0 atom stereocenters. The maximum Gasteiger partial charge on any atom is 0.417 e. The van der Waals surface area contributed by atoms with Gasteiger partial charge in [0, 0.05) is 15.3 Å². The molecule has 1 aromatic heterocycles. The fourth-order valence-corrected chi connectivity index (χ4v) is 3.16. The topological polar surface area (TPSA) is 12.9 Å². The van der Waals surface area contributed by atoms with Gasteiger partial charge in [-0.25, -0.2) is 0 Å². The summed E-state index contributed by atoms with van der Waals surface area (Å²) in [5.41, 5.74) is 0.219. The molecular weight excluding hydrogens is 317 g/mol. The normalized spacial score (nSPS) is 12.0. The first-order chi connectivity index (χ1) is 9.74. The van der Waals surface area contributed by atoms with Gasteiger partial charge in [0.15, 0.2) is 7.28 Å². The highest BCUT2D eigenvalue weighted by Crippen LogP contribution is 2.38. The number of alkyl halides is 3. The van der Waals surface area contributed by atoms with Crippen molar-refractivity contribution in [3.8, 4) is 11.3 Å². The molecule has 0 aliphatic heterocycles. The summed E-state index contributed by atoms with van der Waals surface area (Å²) in [5, 5.41) is -0.296. The molecule has 0 aliphatic rings. The van der Waals surface area contributed by atoms with Gasteiger partial charge in [0.25, 0.3) is 0 Å². The molecule has 0 amide bonds. The standard InChI is InChI=1S/C14H13BClF3NS/c1-7(2)12-11(20-13(15-3)21-12)8-4-5-10(16)9(6-8)14(17,18)19/h4-7H,1-3H3. The lowest BCUT2D eigenvalue weighted by Gasteiger charge is -2.11. The molecule has 2 rings (SSSR count). The van der Waals surface area contributed by atoms with Gasteiger partial charge in [-0.1, -0.05) is 38.3 Å². The minimum atomic E-state index is -4.47. The van der Waals surface area contributed by atoms with Crippen LogP contribution in [0.1, 0.15) is 30.2 Å². The Balaban J connectivity index is 2.60. The van der Waals surface area contributed by atoms with Gasteiger partial charge in [0.05, 0.1) is 16.3 Å². The summed E-state index contributed by atoms with van der Waals surface area (Å²) in [6.07, 6.45) is -4.47. The number of halogens is 4. The molecule has 0 fully saturated rings. The Hall–Kier alpha value is -1.01. The maximum absolute atomic E-state index is 13.0. The predicted molar refractivity (Wildman–Crippen MR) is 82.9 cm³/mol. The maximum atomic E-state index is 13.0. The molecule has 2 aromatic rings. The molecule has 111 valence electrons. The largest absolute Gasteiger partial charge is 0.417 e. The highest BCUT2D eigenvalue weighted by Gasteiger charge is 2.33. The van der Waals surface area contributed by atoms with E-state index in [2.05, 4.69) is 4.98 Å². The van der Waals surface area contributed by atoms with Crippen LogP contribution in [0.25, 0.3) is 11.3 Å². The molecule has 0 aliphatic carbocycles. The van der Waals surface area contributed by atoms with Crippen molar-refractivity contribution in [2.75, 3.05) is 0 Å². The molecule has 0 spiro atoms. The van der Waals surface area contributed by atoms with Crippen molar-refractivity contribution in [3.05, 3.63) is 33.7 Å². The van der Waals surface area contributed by atoms with Crippen LogP contribution < -0.4 is 4.91 Å². The fourth-order valence-electron chi connectivity index (χ4n) is 1.96. The first-order valence-electron chi connectivity index (χ1n) is 6.41. The molecule has 1 radical (unpaired) electrons. The van der Waals surface area contributed by atoms with E-state index in [9.17, 15) is 13.2 Å². The molecule has 1 aromatic carbocycles. The van der Waals surface area contributed by atoms with Crippen LogP contribution in [-0.4, -0.2) is 12.3 Å². The van der Waals surface area contributed by atoms with Crippen LogP contribution in [0.4, 0.5) is 13.2 Å². The smallest absolute Gasteiger partial charge is 0.252 e. The van der Waals surface area contributed by atoms with Crippen LogP contribution in [-0.2, 0) is 6.18 Å². The number of benzene rings is 1. The van der Waals surface area contributed by atoms with Gasteiger partial charge in [-0.15, -0.1) is 11.3 Å². The zero-order valence-corrected chi connectivity index (χ0v) is 13.3. The Morgan fingerprint density at radius 2 is 1.95 bits per heavy atom. The summed E-state index contributed by atoms with van der Waals surface area (Å²) in [7, 11) is 1.85. The van der Waals surface area contributed by atoms with Gasteiger partial charge in [-0.2, -0.15) is 13.2 Å². The molecule has 0 saturated heterocycles. The number of thiazole rings is 1. The second-order valence-corrected chi connectivity index (χ2v) is 6.37. The Morgan fingerprint density at radius 1 is 1.29 bits per heavy atom. The molecule has 0 N–H and O–H groups in total. The quantitative estimate of drug-likeness (QED) is 0.723. The summed E-state index contributed by atoms with van der Waals surface area (Å²) >= 11 is 7.16. The van der Waals surface area contributed by atoms with Crippen molar-refractivity contribution < 1.29 is 13.2 Å². The number of hydrogen-bond acceptors (Lipinski definition) is 2. The van der Waals surface area contributed by atoms with E-state index in [-0.39, 0.29) is 10.9 Å². The highest BCUT2D eigenvalue weighted by molar-refractivity contribution is 7.21. The van der Waals surface area contributed by atoms with Crippen LogP contribution in [0, 0.1) is 0 Å². The number of aromatic nitrogens is 1. The summed E-state index contributed by atoms with van der Waals surface area (Å²) in [6, 6.07) is 3.93. The first kappa shape index (κ1) is 16.4. The van der Waals surface area contributed by atoms with Crippen LogP contribution in [0.2, 0.25) is 11.8 Å². The molecule has 1 nitrogen and oxygen atoms in total. The average molecular weight is 331 g/mol. The molecule has 0 saturated carbocycles. The monoisotopic (exact) mass is 330 g/mol. The molecule has 1 heterocycles. The highest BCUT2D eigenvalue weighted by atomic mass is 35.5. The van der Waals surface area contributed by atoms with Crippen molar-refractivity contribution >= 4 is 35.1 Å². The van der Waals surface area contributed by atoms with Crippen LogP contribution in [0.15, 0.2) is 18.2 Å². The third-order valence-corrected chi connectivity index (χ3v) is 4.74. The van der Waals surface area contributed by atoms with Crippen molar-refractivity contribution in [3.63, 3.8) is 0 Å². The van der Waals surface area contributed by atoms with Gasteiger partial charge < -0.3 is 0 Å². The predicted octanol–water partition coefficient (Wildman–Crippen LogP) is 4.98. The van der Waals surface area contributed by atoms with E-state index in [4.69, 9.17) is 11.6 Å². The van der Waals surface area contributed by atoms with Gasteiger partial charge in [0.1, 0.15) is 0 Å². The number of rotatable bonds is 3. The molecule has 21 heavy (non-hydrogen) atoms. The molecular formula is C14H13BClF3NS. The van der Waals surface area contributed by atoms with Gasteiger partial charge in [-0.05, 0) is 18.1 Å². The van der Waals surface area contributed by atoms with Crippen LogP contribution in [0.5, 0.6) is 0 Å². The van der Waals surface area contributed by atoms with Crippen LogP contribution in [0.3, 0.4) is 0 Å². The van der Waals surface area contributed by atoms with Crippen molar-refractivity contribution in [1.29, 1.82) is 0 Å². The van der Waals surface area contributed by atoms with Crippen molar-refractivity contribution in [1.82, 2.24) is 4.98 Å². The third-order valence-electron chi connectivity index (χ3n) is 2.99. The van der Waals surface area contributed by atoms with E-state index in [0.29, 0.717) is 11.3 Å². The van der Waals surface area contributed by atoms with Crippen molar-refractivity contribution in [2.45, 2.75) is 32.8 Å². The van der Waals surface area contributed by atoms with Gasteiger partial charge in [-0.3, -0.25) is 4.98 Å². The molecule has 0 bridgehead atoms. The first-order valence-corrected chi connectivity index (χ1v) is 7.60. The zero-order valence-electron chi connectivity index (χ0n) is 11.8. The van der Waals surface area contributed by atoms with E-state index in [1.807, 2.05) is 28.0 Å². The molecule has 7 heteroatoms. The number of nitrogens with zero attached hydrogens (tertiary/aromatic N) is 1. The minimum Gasteiger partial charge on any atom is -0.252 e. The Labute approximate surface area is 131 Å². The lowest BCUT2D eigenvalue weighted by atomic mass is 9.84. The van der Waals surface area contributed by atoms with E-state index in [1.165, 1.54) is 17.4 Å². The Bertz CT molecular complexity index is 652. The molecule has 0 unspecified atom stereocenters. The SMILES string of the molecule is C[B]c1nc(-c2ccc(Cl)c(C(F)(F)F)c2)c(C(C)C)s1. The Morgan fingerprint density at radius 3 is 2.48 bits per heavy atom. The Kier molecular flexibility index (Phi) is 4.68. The van der Waals surface area contributed by atoms with Crippen LogP contribution >= 0.6 is 22.9 Å². The summed E-state index contributed by atoms with van der Waals surface area (Å²) in [5.74, 6) is 0.191. The van der Waals surface area contributed by atoms with Gasteiger partial charge in [0.2, 0.25) is 0 Å². The summed E-state index contributed by atoms with van der Waals surface area (Å²) in [6.45, 7) is 5.85. The van der Waals surface area contributed by atoms with E-state index in [0.717, 1.165) is 15.9 Å². The minimum absolute atomic E-state index is 0.191. The lowest BCUT2D eigenvalue weighted by molar-refractivity contribution is -0.137. The van der Waals surface area contributed by atoms with Gasteiger partial charge >= 0.3 is 6.18 Å². The zero-order chi connectivity index (χ0) is 15.8. The fraction of sp³-hybridized carbons (Fsp3) is 0.357. The van der Waals surface area contributed by atoms with E-state index < -0.39 is 11.7 Å². The number of hydrogen-bond donors (Lipinski definition) is 0. The second-order valence-electron chi connectivity index (χ2n) is 4.90. The summed E-state index contributed by atoms with van der Waals surface area (Å²) < 4.78 is 38.9. The lowest BCUT2D eigenvalue weighted by Crippen LogP contribution is -2.08.